The van der Waals surface area contributed by atoms with Crippen molar-refractivity contribution in [3.63, 3.8) is 0 Å². The van der Waals surface area contributed by atoms with Crippen LogP contribution in [0.2, 0.25) is 0 Å². The fourth-order valence-corrected chi connectivity index (χ4v) is 1.59. The average molecular weight is 281 g/mol. The lowest BCUT2D eigenvalue weighted by molar-refractivity contribution is -0.136. The van der Waals surface area contributed by atoms with Gasteiger partial charge in [0.15, 0.2) is 0 Å². The van der Waals surface area contributed by atoms with Crippen molar-refractivity contribution in [1.82, 2.24) is 0 Å². The van der Waals surface area contributed by atoms with Gasteiger partial charge in [-0.15, -0.1) is 0 Å². The smallest absolute Gasteiger partial charge is 0.308 e. The highest BCUT2D eigenvalue weighted by atomic mass is 79.9. The van der Waals surface area contributed by atoms with E-state index < -0.39 is 29.6 Å². The van der Waals surface area contributed by atoms with E-state index in [-0.39, 0.29) is 10.2 Å². The largest absolute Gasteiger partial charge is 0.495 e. The lowest BCUT2D eigenvalue weighted by Gasteiger charge is -2.08. The van der Waals surface area contributed by atoms with Crippen LogP contribution in [0.5, 0.6) is 5.75 Å². The number of carboxylic acids is 1. The molecule has 0 heterocycles. The van der Waals surface area contributed by atoms with Crippen molar-refractivity contribution in [2.75, 3.05) is 7.11 Å². The normalized spacial score (nSPS) is 10.1. The molecule has 0 saturated heterocycles. The second kappa shape index (κ2) is 4.57. The van der Waals surface area contributed by atoms with E-state index in [1.165, 1.54) is 7.11 Å². The molecule has 0 spiro atoms. The molecule has 1 aromatic rings. The molecule has 1 N–H and O–H groups in total. The van der Waals surface area contributed by atoms with Gasteiger partial charge in [-0.25, -0.2) is 8.78 Å². The summed E-state index contributed by atoms with van der Waals surface area (Å²) in [7, 11) is 1.26. The van der Waals surface area contributed by atoms with Gasteiger partial charge >= 0.3 is 5.97 Å². The summed E-state index contributed by atoms with van der Waals surface area (Å²) in [6.07, 6.45) is -0.708. The van der Waals surface area contributed by atoms with Crippen molar-refractivity contribution in [3.8, 4) is 5.75 Å². The summed E-state index contributed by atoms with van der Waals surface area (Å²) in [5.41, 5.74) is -0.491. The highest BCUT2D eigenvalue weighted by Crippen LogP contribution is 2.31. The maximum absolute atomic E-state index is 13.4. The van der Waals surface area contributed by atoms with E-state index in [1.807, 2.05) is 0 Å². The third-order valence-electron chi connectivity index (χ3n) is 1.77. The van der Waals surface area contributed by atoms with E-state index in [4.69, 9.17) is 9.84 Å². The first-order valence-electron chi connectivity index (χ1n) is 3.89. The number of benzene rings is 1. The molecule has 0 aliphatic rings. The SMILES string of the molecule is COc1cc(F)c(CC(=O)O)c(F)c1Br. The summed E-state index contributed by atoms with van der Waals surface area (Å²) >= 11 is 2.86. The Labute approximate surface area is 92.8 Å². The molecule has 0 fully saturated rings. The van der Waals surface area contributed by atoms with E-state index in [0.717, 1.165) is 6.07 Å². The predicted octanol–water partition coefficient (Wildman–Crippen LogP) is 2.36. The molecule has 0 radical (unpaired) electrons. The number of ether oxygens (including phenoxy) is 1. The van der Waals surface area contributed by atoms with Gasteiger partial charge in [-0.3, -0.25) is 4.79 Å². The van der Waals surface area contributed by atoms with Gasteiger partial charge in [-0.1, -0.05) is 0 Å². The zero-order valence-electron chi connectivity index (χ0n) is 7.68. The second-order valence-electron chi connectivity index (χ2n) is 2.74. The van der Waals surface area contributed by atoms with Crippen LogP contribution in [0.1, 0.15) is 5.56 Å². The summed E-state index contributed by atoms with van der Waals surface area (Å²) in [6, 6.07) is 0.936. The summed E-state index contributed by atoms with van der Waals surface area (Å²) < 4.78 is 31.3. The Hall–Kier alpha value is -1.17. The van der Waals surface area contributed by atoms with E-state index in [1.54, 1.807) is 0 Å². The minimum absolute atomic E-state index is 0.0147. The van der Waals surface area contributed by atoms with E-state index in [9.17, 15) is 13.6 Å². The third-order valence-corrected chi connectivity index (χ3v) is 2.51. The predicted molar refractivity (Wildman–Crippen MR) is 51.9 cm³/mol. The van der Waals surface area contributed by atoms with Crippen LogP contribution in [-0.2, 0) is 11.2 Å². The maximum Gasteiger partial charge on any atom is 0.308 e. The monoisotopic (exact) mass is 280 g/mol. The summed E-state index contributed by atoms with van der Waals surface area (Å²) in [5.74, 6) is -3.20. The Morgan fingerprint density at radius 3 is 2.67 bits per heavy atom. The Kier molecular flexibility index (Phi) is 3.62. The van der Waals surface area contributed by atoms with Crippen molar-refractivity contribution in [3.05, 3.63) is 27.7 Å². The van der Waals surface area contributed by atoms with Crippen LogP contribution in [0.4, 0.5) is 8.78 Å². The molecule has 0 atom stereocenters. The number of halogens is 3. The summed E-state index contributed by atoms with van der Waals surface area (Å²) in [5, 5.41) is 8.45. The van der Waals surface area contributed by atoms with Crippen LogP contribution >= 0.6 is 15.9 Å². The molecule has 1 rings (SSSR count). The molecule has 3 nitrogen and oxygen atoms in total. The fraction of sp³-hybridized carbons (Fsp3) is 0.222. The molecular weight excluding hydrogens is 274 g/mol. The number of methoxy groups -OCH3 is 1. The third kappa shape index (κ3) is 2.44. The van der Waals surface area contributed by atoms with Crippen LogP contribution in [-0.4, -0.2) is 18.2 Å². The molecule has 1 aromatic carbocycles. The molecule has 0 unspecified atom stereocenters. The second-order valence-corrected chi connectivity index (χ2v) is 3.53. The van der Waals surface area contributed by atoms with Crippen molar-refractivity contribution in [2.24, 2.45) is 0 Å². The fourth-order valence-electron chi connectivity index (χ4n) is 1.07. The highest BCUT2D eigenvalue weighted by Gasteiger charge is 2.19. The molecule has 0 amide bonds. The van der Waals surface area contributed by atoms with Crippen molar-refractivity contribution < 1.29 is 23.4 Å². The van der Waals surface area contributed by atoms with Gasteiger partial charge < -0.3 is 9.84 Å². The zero-order valence-corrected chi connectivity index (χ0v) is 9.27. The first-order chi connectivity index (χ1) is 6.97. The quantitative estimate of drug-likeness (QED) is 0.865. The van der Waals surface area contributed by atoms with E-state index >= 15 is 0 Å². The molecule has 0 aliphatic carbocycles. The summed E-state index contributed by atoms with van der Waals surface area (Å²) in [4.78, 5) is 10.4. The Balaban J connectivity index is 3.29. The van der Waals surface area contributed by atoms with Crippen LogP contribution in [0.3, 0.4) is 0 Å². The Morgan fingerprint density at radius 1 is 1.60 bits per heavy atom. The van der Waals surface area contributed by atoms with Crippen LogP contribution in [0, 0.1) is 11.6 Å². The van der Waals surface area contributed by atoms with E-state index in [2.05, 4.69) is 15.9 Å². The minimum Gasteiger partial charge on any atom is -0.495 e. The number of rotatable bonds is 3. The number of aliphatic carboxylic acids is 1. The molecule has 0 bridgehead atoms. The molecule has 82 valence electrons. The van der Waals surface area contributed by atoms with Crippen molar-refractivity contribution >= 4 is 21.9 Å². The lowest BCUT2D eigenvalue weighted by Crippen LogP contribution is -2.06. The van der Waals surface area contributed by atoms with Gasteiger partial charge in [0.2, 0.25) is 0 Å². The van der Waals surface area contributed by atoms with Crippen molar-refractivity contribution in [1.29, 1.82) is 0 Å². The topological polar surface area (TPSA) is 46.5 Å². The number of hydrogen-bond acceptors (Lipinski definition) is 2. The van der Waals surface area contributed by atoms with Crippen LogP contribution < -0.4 is 4.74 Å². The molecule has 0 aliphatic heterocycles. The number of carbonyl (C=O) groups is 1. The molecule has 0 aromatic heterocycles. The summed E-state index contributed by atoms with van der Waals surface area (Å²) in [6.45, 7) is 0. The zero-order chi connectivity index (χ0) is 11.6. The van der Waals surface area contributed by atoms with Crippen LogP contribution in [0.15, 0.2) is 10.5 Å². The van der Waals surface area contributed by atoms with Gasteiger partial charge in [0, 0.05) is 11.6 Å². The first kappa shape index (κ1) is 11.9. The minimum atomic E-state index is -1.30. The lowest BCUT2D eigenvalue weighted by atomic mass is 10.1. The number of carboxylic acid groups (broad SMARTS) is 1. The molecular formula is C9H7BrF2O3. The van der Waals surface area contributed by atoms with Crippen molar-refractivity contribution in [2.45, 2.75) is 6.42 Å². The Bertz CT molecular complexity index is 407. The Morgan fingerprint density at radius 2 is 2.20 bits per heavy atom. The standard InChI is InChI=1S/C9H7BrF2O3/c1-15-6-3-5(11)4(2-7(13)14)9(12)8(6)10/h3H,2H2,1H3,(H,13,14). The number of hydrogen-bond donors (Lipinski definition) is 1. The van der Waals surface area contributed by atoms with Gasteiger partial charge in [0.05, 0.1) is 18.0 Å². The molecule has 0 saturated carbocycles. The average Bonchev–Trinajstić information content (AvgIpc) is 2.18. The van der Waals surface area contributed by atoms with E-state index in [0.29, 0.717) is 0 Å². The first-order valence-corrected chi connectivity index (χ1v) is 4.68. The maximum atomic E-state index is 13.4. The van der Waals surface area contributed by atoms with Gasteiger partial charge in [-0.05, 0) is 15.9 Å². The van der Waals surface area contributed by atoms with Gasteiger partial charge in [0.25, 0.3) is 0 Å². The molecule has 15 heavy (non-hydrogen) atoms. The highest BCUT2D eigenvalue weighted by molar-refractivity contribution is 9.10. The van der Waals surface area contributed by atoms with Crippen LogP contribution in [0.25, 0.3) is 0 Å². The molecule has 6 heteroatoms. The van der Waals surface area contributed by atoms with Gasteiger partial charge in [-0.2, -0.15) is 0 Å². The van der Waals surface area contributed by atoms with Gasteiger partial charge in [0.1, 0.15) is 17.4 Å².